The second-order valence-electron chi connectivity index (χ2n) is 6.74. The Morgan fingerprint density at radius 1 is 1.17 bits per heavy atom. The number of hydrogen-bond donors (Lipinski definition) is 2. The van der Waals surface area contributed by atoms with Gasteiger partial charge in [0.05, 0.1) is 6.10 Å². The van der Waals surface area contributed by atoms with Crippen LogP contribution in [0.1, 0.15) is 49.3 Å². The first-order valence-electron chi connectivity index (χ1n) is 7.71. The Morgan fingerprint density at radius 2 is 1.83 bits per heavy atom. The van der Waals surface area contributed by atoms with E-state index < -0.39 is 6.10 Å². The molecule has 2 aromatic rings. The summed E-state index contributed by atoms with van der Waals surface area (Å²) in [5, 5.41) is 22.4. The summed E-state index contributed by atoms with van der Waals surface area (Å²) in [6, 6.07) is 13.7. The van der Waals surface area contributed by atoms with Crippen LogP contribution in [0.3, 0.4) is 0 Å². The highest BCUT2D eigenvalue weighted by Gasteiger charge is 2.14. The molecule has 4 heteroatoms. The minimum absolute atomic E-state index is 0.0985. The van der Waals surface area contributed by atoms with Crippen LogP contribution in [0.4, 0.5) is 5.82 Å². The first-order chi connectivity index (χ1) is 10.8. The van der Waals surface area contributed by atoms with Crippen molar-refractivity contribution in [2.24, 2.45) is 0 Å². The average molecular weight is 309 g/mol. The number of nitrogens with one attached hydrogen (secondary N) is 1. The van der Waals surface area contributed by atoms with Gasteiger partial charge in [-0.25, -0.2) is 4.98 Å². The standard InChI is InChI=1S/C19H23N3O/c1-13-5-10-18(22-16(13)11-20)21-12-17(23)14-6-8-15(9-7-14)19(2,3)4/h5-10,17,23H,12H2,1-4H3,(H,21,22). The highest BCUT2D eigenvalue weighted by atomic mass is 16.3. The lowest BCUT2D eigenvalue weighted by molar-refractivity contribution is 0.191. The zero-order valence-electron chi connectivity index (χ0n) is 14.1. The van der Waals surface area contributed by atoms with E-state index in [0.717, 1.165) is 11.1 Å². The minimum atomic E-state index is -0.627. The van der Waals surface area contributed by atoms with Crippen molar-refractivity contribution in [3.63, 3.8) is 0 Å². The molecule has 0 fully saturated rings. The highest BCUT2D eigenvalue weighted by Crippen LogP contribution is 2.24. The van der Waals surface area contributed by atoms with Gasteiger partial charge in [-0.3, -0.25) is 0 Å². The van der Waals surface area contributed by atoms with E-state index in [1.807, 2.05) is 31.2 Å². The third kappa shape index (κ3) is 4.30. The van der Waals surface area contributed by atoms with Crippen molar-refractivity contribution >= 4 is 5.82 Å². The zero-order valence-corrected chi connectivity index (χ0v) is 14.1. The van der Waals surface area contributed by atoms with Crippen molar-refractivity contribution in [1.82, 2.24) is 4.98 Å². The van der Waals surface area contributed by atoms with Crippen LogP contribution in [-0.4, -0.2) is 16.6 Å². The van der Waals surface area contributed by atoms with Gasteiger partial charge in [0, 0.05) is 6.54 Å². The molecule has 1 aromatic carbocycles. The van der Waals surface area contributed by atoms with Crippen molar-refractivity contribution < 1.29 is 5.11 Å². The Kier molecular flexibility index (Phi) is 5.02. The number of rotatable bonds is 4. The van der Waals surface area contributed by atoms with E-state index in [4.69, 9.17) is 5.26 Å². The molecule has 0 saturated heterocycles. The first kappa shape index (κ1) is 17.0. The van der Waals surface area contributed by atoms with Crippen molar-refractivity contribution in [3.05, 3.63) is 58.8 Å². The molecule has 1 heterocycles. The molecule has 120 valence electrons. The summed E-state index contributed by atoms with van der Waals surface area (Å²) in [5.74, 6) is 0.595. The summed E-state index contributed by atoms with van der Waals surface area (Å²) in [4.78, 5) is 4.22. The number of aryl methyl sites for hydroxylation is 1. The van der Waals surface area contributed by atoms with Crippen molar-refractivity contribution in [2.75, 3.05) is 11.9 Å². The summed E-state index contributed by atoms with van der Waals surface area (Å²) in [6.45, 7) is 8.68. The maximum atomic E-state index is 10.3. The fourth-order valence-electron chi connectivity index (χ4n) is 2.26. The summed E-state index contributed by atoms with van der Waals surface area (Å²) in [5.41, 5.74) is 3.44. The third-order valence-electron chi connectivity index (χ3n) is 3.84. The highest BCUT2D eigenvalue weighted by molar-refractivity contribution is 5.42. The second-order valence-corrected chi connectivity index (χ2v) is 6.74. The normalized spacial score (nSPS) is 12.5. The Balaban J connectivity index is 2.02. The fraction of sp³-hybridized carbons (Fsp3) is 0.368. The number of benzene rings is 1. The number of nitriles is 1. The van der Waals surface area contributed by atoms with E-state index in [1.165, 1.54) is 5.56 Å². The Bertz CT molecular complexity index is 709. The lowest BCUT2D eigenvalue weighted by Gasteiger charge is -2.20. The number of pyridine rings is 1. The molecular formula is C19H23N3O. The van der Waals surface area contributed by atoms with Crippen LogP contribution < -0.4 is 5.32 Å². The van der Waals surface area contributed by atoms with Crippen molar-refractivity contribution in [1.29, 1.82) is 5.26 Å². The monoisotopic (exact) mass is 309 g/mol. The summed E-state index contributed by atoms with van der Waals surface area (Å²) >= 11 is 0. The van der Waals surface area contributed by atoms with Gasteiger partial charge in [0.2, 0.25) is 0 Å². The largest absolute Gasteiger partial charge is 0.387 e. The predicted octanol–water partition coefficient (Wildman–Crippen LogP) is 3.70. The summed E-state index contributed by atoms with van der Waals surface area (Å²) < 4.78 is 0. The number of aliphatic hydroxyl groups is 1. The Hall–Kier alpha value is -2.38. The van der Waals surface area contributed by atoms with E-state index in [0.29, 0.717) is 18.1 Å². The van der Waals surface area contributed by atoms with Crippen LogP contribution in [0, 0.1) is 18.3 Å². The molecule has 2 N–H and O–H groups in total. The third-order valence-corrected chi connectivity index (χ3v) is 3.84. The Labute approximate surface area is 137 Å². The van der Waals surface area contributed by atoms with E-state index >= 15 is 0 Å². The summed E-state index contributed by atoms with van der Waals surface area (Å²) in [7, 11) is 0. The molecule has 0 bridgehead atoms. The molecule has 1 atom stereocenters. The van der Waals surface area contributed by atoms with Crippen LogP contribution in [-0.2, 0) is 5.41 Å². The van der Waals surface area contributed by atoms with Crippen LogP contribution in [0.25, 0.3) is 0 Å². The van der Waals surface area contributed by atoms with Crippen LogP contribution in [0.15, 0.2) is 36.4 Å². The fourth-order valence-corrected chi connectivity index (χ4v) is 2.26. The number of anilines is 1. The van der Waals surface area contributed by atoms with Gasteiger partial charge in [0.25, 0.3) is 0 Å². The smallest absolute Gasteiger partial charge is 0.145 e. The van der Waals surface area contributed by atoms with E-state index in [2.05, 4.69) is 49.3 Å². The predicted molar refractivity (Wildman–Crippen MR) is 92.3 cm³/mol. The Morgan fingerprint density at radius 3 is 2.39 bits per heavy atom. The van der Waals surface area contributed by atoms with Gasteiger partial charge in [0.1, 0.15) is 17.6 Å². The van der Waals surface area contributed by atoms with Crippen molar-refractivity contribution in [2.45, 2.75) is 39.2 Å². The molecule has 23 heavy (non-hydrogen) atoms. The summed E-state index contributed by atoms with van der Waals surface area (Å²) in [6.07, 6.45) is -0.627. The molecular weight excluding hydrogens is 286 g/mol. The SMILES string of the molecule is Cc1ccc(NCC(O)c2ccc(C(C)(C)C)cc2)nc1C#N. The molecule has 0 aliphatic carbocycles. The van der Waals surface area contributed by atoms with Gasteiger partial charge >= 0.3 is 0 Å². The number of aromatic nitrogens is 1. The number of nitrogens with zero attached hydrogens (tertiary/aromatic N) is 2. The van der Waals surface area contributed by atoms with Gasteiger partial charge in [-0.05, 0) is 35.1 Å². The topological polar surface area (TPSA) is 68.9 Å². The zero-order chi connectivity index (χ0) is 17.0. The van der Waals surface area contributed by atoms with Crippen molar-refractivity contribution in [3.8, 4) is 6.07 Å². The molecule has 0 amide bonds. The van der Waals surface area contributed by atoms with E-state index in [1.54, 1.807) is 0 Å². The molecule has 1 aromatic heterocycles. The molecule has 0 saturated carbocycles. The van der Waals surface area contributed by atoms with Gasteiger partial charge in [-0.2, -0.15) is 5.26 Å². The van der Waals surface area contributed by atoms with Gasteiger partial charge in [0.15, 0.2) is 0 Å². The van der Waals surface area contributed by atoms with Gasteiger partial charge < -0.3 is 10.4 Å². The molecule has 0 aliphatic heterocycles. The molecule has 0 radical (unpaired) electrons. The molecule has 1 unspecified atom stereocenters. The quantitative estimate of drug-likeness (QED) is 0.903. The van der Waals surface area contributed by atoms with E-state index in [9.17, 15) is 5.11 Å². The van der Waals surface area contributed by atoms with Crippen LogP contribution in [0.5, 0.6) is 0 Å². The maximum absolute atomic E-state index is 10.3. The average Bonchev–Trinajstić information content (AvgIpc) is 2.53. The van der Waals surface area contributed by atoms with Crippen LogP contribution >= 0.6 is 0 Å². The van der Waals surface area contributed by atoms with Gasteiger partial charge in [-0.1, -0.05) is 51.1 Å². The molecule has 4 nitrogen and oxygen atoms in total. The number of aliphatic hydroxyl groups excluding tert-OH is 1. The lowest BCUT2D eigenvalue weighted by Crippen LogP contribution is -2.14. The molecule has 0 spiro atoms. The van der Waals surface area contributed by atoms with Crippen LogP contribution in [0.2, 0.25) is 0 Å². The molecule has 2 rings (SSSR count). The first-order valence-corrected chi connectivity index (χ1v) is 7.71. The maximum Gasteiger partial charge on any atom is 0.145 e. The molecule has 0 aliphatic rings. The van der Waals surface area contributed by atoms with Gasteiger partial charge in [-0.15, -0.1) is 0 Å². The lowest BCUT2D eigenvalue weighted by atomic mass is 9.86. The second kappa shape index (κ2) is 6.80. The van der Waals surface area contributed by atoms with E-state index in [-0.39, 0.29) is 5.41 Å². The minimum Gasteiger partial charge on any atom is -0.387 e. The number of hydrogen-bond acceptors (Lipinski definition) is 4.